The summed E-state index contributed by atoms with van der Waals surface area (Å²) in [5.74, 6) is -0.350. The molecule has 30 heavy (non-hydrogen) atoms. The van der Waals surface area contributed by atoms with Crippen LogP contribution in [0.5, 0.6) is 0 Å². The normalized spacial score (nSPS) is 11.3. The molecule has 1 aromatic heterocycles. The summed E-state index contributed by atoms with van der Waals surface area (Å²) in [7, 11) is 1.39. The minimum atomic E-state index is -0.350. The van der Waals surface area contributed by atoms with Crippen LogP contribution >= 0.6 is 0 Å². The van der Waals surface area contributed by atoms with Crippen molar-refractivity contribution in [2.45, 2.75) is 19.8 Å². The number of esters is 1. The van der Waals surface area contributed by atoms with E-state index in [2.05, 4.69) is 78.2 Å². The van der Waals surface area contributed by atoms with Crippen molar-refractivity contribution < 1.29 is 9.53 Å². The SMILES string of the molecule is COC(=O)/C=C/c1ccc2c(c1)c(CCc1ccccc1)c(C)n2-c1ccccc1. The van der Waals surface area contributed by atoms with Gasteiger partial charge >= 0.3 is 5.97 Å². The summed E-state index contributed by atoms with van der Waals surface area (Å²) in [4.78, 5) is 11.5. The fourth-order valence-electron chi connectivity index (χ4n) is 3.98. The van der Waals surface area contributed by atoms with E-state index in [9.17, 15) is 4.79 Å². The smallest absolute Gasteiger partial charge is 0.330 e. The van der Waals surface area contributed by atoms with Crippen LogP contribution in [0.15, 0.2) is 84.9 Å². The van der Waals surface area contributed by atoms with E-state index in [-0.39, 0.29) is 5.97 Å². The number of carbonyl (C=O) groups excluding carboxylic acids is 1. The van der Waals surface area contributed by atoms with Crippen LogP contribution in [0.2, 0.25) is 0 Å². The van der Waals surface area contributed by atoms with Crippen LogP contribution in [0, 0.1) is 6.92 Å². The monoisotopic (exact) mass is 395 g/mol. The molecule has 0 N–H and O–H groups in total. The van der Waals surface area contributed by atoms with Gasteiger partial charge in [0, 0.05) is 22.8 Å². The van der Waals surface area contributed by atoms with E-state index >= 15 is 0 Å². The number of benzene rings is 3. The van der Waals surface area contributed by atoms with E-state index in [1.165, 1.54) is 40.9 Å². The zero-order valence-corrected chi connectivity index (χ0v) is 17.3. The van der Waals surface area contributed by atoms with Gasteiger partial charge in [0.25, 0.3) is 0 Å². The largest absolute Gasteiger partial charge is 0.466 e. The summed E-state index contributed by atoms with van der Waals surface area (Å²) in [5.41, 5.74) is 7.24. The summed E-state index contributed by atoms with van der Waals surface area (Å²) in [6, 6.07) is 27.4. The molecule has 1 heterocycles. The first kappa shape index (κ1) is 19.7. The van der Waals surface area contributed by atoms with Crippen molar-refractivity contribution in [2.75, 3.05) is 7.11 Å². The predicted molar refractivity (Wildman–Crippen MR) is 123 cm³/mol. The van der Waals surface area contributed by atoms with Crippen LogP contribution in [0.1, 0.15) is 22.4 Å². The molecule has 0 saturated heterocycles. The Balaban J connectivity index is 1.81. The van der Waals surface area contributed by atoms with Gasteiger partial charge in [-0.05, 0) is 66.8 Å². The maximum atomic E-state index is 11.5. The Hall–Kier alpha value is -3.59. The molecule has 4 aromatic rings. The van der Waals surface area contributed by atoms with Gasteiger partial charge in [-0.15, -0.1) is 0 Å². The first-order valence-corrected chi connectivity index (χ1v) is 10.2. The standard InChI is InChI=1S/C27H25NO2/c1-20-24(16-13-21-9-5-3-6-10-21)25-19-22(15-18-27(29)30-2)14-17-26(25)28(20)23-11-7-4-8-12-23/h3-12,14-15,17-19H,13,16H2,1-2H3/b18-15+. The van der Waals surface area contributed by atoms with E-state index in [1.54, 1.807) is 6.08 Å². The maximum Gasteiger partial charge on any atom is 0.330 e. The second-order valence-electron chi connectivity index (χ2n) is 7.35. The molecule has 0 radical (unpaired) electrons. The Morgan fingerprint density at radius 2 is 1.63 bits per heavy atom. The van der Waals surface area contributed by atoms with Gasteiger partial charge in [0.2, 0.25) is 0 Å². The highest BCUT2D eigenvalue weighted by Crippen LogP contribution is 2.31. The van der Waals surface area contributed by atoms with Crippen LogP contribution in [0.4, 0.5) is 0 Å². The molecule has 0 saturated carbocycles. The van der Waals surface area contributed by atoms with E-state index in [0.29, 0.717) is 0 Å². The predicted octanol–water partition coefficient (Wildman–Crippen LogP) is 5.91. The summed E-state index contributed by atoms with van der Waals surface area (Å²) < 4.78 is 7.04. The van der Waals surface area contributed by atoms with Crippen molar-refractivity contribution in [3.63, 3.8) is 0 Å². The van der Waals surface area contributed by atoms with Crippen molar-refractivity contribution in [1.29, 1.82) is 0 Å². The molecule has 3 aromatic carbocycles. The maximum absolute atomic E-state index is 11.5. The molecule has 0 spiro atoms. The highest BCUT2D eigenvalue weighted by molar-refractivity contribution is 5.91. The number of nitrogens with zero attached hydrogens (tertiary/aromatic N) is 1. The minimum Gasteiger partial charge on any atom is -0.466 e. The lowest BCUT2D eigenvalue weighted by molar-refractivity contribution is -0.134. The number of rotatable bonds is 6. The lowest BCUT2D eigenvalue weighted by Gasteiger charge is -2.09. The highest BCUT2D eigenvalue weighted by atomic mass is 16.5. The first-order chi connectivity index (χ1) is 14.7. The Morgan fingerprint density at radius 3 is 2.33 bits per heavy atom. The van der Waals surface area contributed by atoms with Crippen LogP contribution in [0.25, 0.3) is 22.7 Å². The minimum absolute atomic E-state index is 0.350. The van der Waals surface area contributed by atoms with Gasteiger partial charge in [0.1, 0.15) is 0 Å². The van der Waals surface area contributed by atoms with Gasteiger partial charge < -0.3 is 9.30 Å². The average molecular weight is 396 g/mol. The van der Waals surface area contributed by atoms with Gasteiger partial charge in [-0.2, -0.15) is 0 Å². The Bertz CT molecular complexity index is 1190. The fourth-order valence-corrected chi connectivity index (χ4v) is 3.98. The number of aryl methyl sites for hydroxylation is 2. The van der Waals surface area contributed by atoms with E-state index in [0.717, 1.165) is 24.1 Å². The van der Waals surface area contributed by atoms with Gasteiger partial charge in [-0.25, -0.2) is 4.79 Å². The van der Waals surface area contributed by atoms with Gasteiger partial charge in [0.15, 0.2) is 0 Å². The van der Waals surface area contributed by atoms with Crippen molar-refractivity contribution in [3.8, 4) is 5.69 Å². The van der Waals surface area contributed by atoms with Crippen LogP contribution in [0.3, 0.4) is 0 Å². The lowest BCUT2D eigenvalue weighted by Crippen LogP contribution is -1.98. The number of methoxy groups -OCH3 is 1. The van der Waals surface area contributed by atoms with Crippen LogP contribution in [-0.2, 0) is 22.4 Å². The van der Waals surface area contributed by atoms with Crippen LogP contribution < -0.4 is 0 Å². The van der Waals surface area contributed by atoms with Crippen LogP contribution in [-0.4, -0.2) is 17.6 Å². The Labute approximate surface area is 177 Å². The molecule has 0 aliphatic rings. The molecule has 0 fully saturated rings. The van der Waals surface area contributed by atoms with Gasteiger partial charge in [0.05, 0.1) is 12.6 Å². The van der Waals surface area contributed by atoms with Crippen molar-refractivity contribution >= 4 is 22.9 Å². The molecule has 3 nitrogen and oxygen atoms in total. The fraction of sp³-hybridized carbons (Fsp3) is 0.148. The Kier molecular flexibility index (Phi) is 5.80. The third kappa shape index (κ3) is 4.06. The molecule has 0 unspecified atom stereocenters. The number of fused-ring (bicyclic) bond motifs is 1. The number of ether oxygens (including phenoxy) is 1. The Morgan fingerprint density at radius 1 is 0.933 bits per heavy atom. The highest BCUT2D eigenvalue weighted by Gasteiger charge is 2.15. The van der Waals surface area contributed by atoms with E-state index in [1.807, 2.05) is 12.1 Å². The molecular weight excluding hydrogens is 370 g/mol. The molecular formula is C27H25NO2. The summed E-state index contributed by atoms with van der Waals surface area (Å²) in [6.45, 7) is 2.19. The zero-order valence-electron chi connectivity index (χ0n) is 17.3. The van der Waals surface area contributed by atoms with Gasteiger partial charge in [-0.1, -0.05) is 54.6 Å². The summed E-state index contributed by atoms with van der Waals surface area (Å²) in [5, 5.41) is 1.22. The molecule has 0 aliphatic heterocycles. The lowest BCUT2D eigenvalue weighted by atomic mass is 10.0. The van der Waals surface area contributed by atoms with Gasteiger partial charge in [-0.3, -0.25) is 0 Å². The van der Waals surface area contributed by atoms with Crippen molar-refractivity contribution in [2.24, 2.45) is 0 Å². The average Bonchev–Trinajstić information content (AvgIpc) is 3.07. The van der Waals surface area contributed by atoms with Crippen molar-refractivity contribution in [1.82, 2.24) is 4.57 Å². The molecule has 0 aliphatic carbocycles. The summed E-state index contributed by atoms with van der Waals surface area (Å²) >= 11 is 0. The third-order valence-corrected chi connectivity index (χ3v) is 5.49. The quantitative estimate of drug-likeness (QED) is 0.300. The number of carbonyl (C=O) groups is 1. The van der Waals surface area contributed by atoms with E-state index < -0.39 is 0 Å². The van der Waals surface area contributed by atoms with Crippen molar-refractivity contribution in [3.05, 3.63) is 107 Å². The number of hydrogen-bond donors (Lipinski definition) is 0. The summed E-state index contributed by atoms with van der Waals surface area (Å²) in [6.07, 6.45) is 5.21. The topological polar surface area (TPSA) is 31.2 Å². The number of hydrogen-bond acceptors (Lipinski definition) is 2. The van der Waals surface area contributed by atoms with E-state index in [4.69, 9.17) is 4.74 Å². The molecule has 0 amide bonds. The molecule has 150 valence electrons. The molecule has 3 heteroatoms. The number of aromatic nitrogens is 1. The first-order valence-electron chi connectivity index (χ1n) is 10.2. The molecule has 0 bridgehead atoms. The zero-order chi connectivity index (χ0) is 20.9. The number of para-hydroxylation sites is 1. The molecule has 4 rings (SSSR count). The second kappa shape index (κ2) is 8.83. The third-order valence-electron chi connectivity index (χ3n) is 5.49. The molecule has 0 atom stereocenters. The second-order valence-corrected chi connectivity index (χ2v) is 7.35.